The highest BCUT2D eigenvalue weighted by Crippen LogP contribution is 2.19. The van der Waals surface area contributed by atoms with Crippen molar-refractivity contribution in [1.82, 2.24) is 9.80 Å². The molecule has 1 aliphatic rings. The molecule has 0 saturated carbocycles. The minimum Gasteiger partial charge on any atom is -0.465 e. The smallest absolute Gasteiger partial charge is 0.407 e. The highest BCUT2D eigenvalue weighted by Gasteiger charge is 2.37. The number of carbonyl (C=O) groups is 1. The van der Waals surface area contributed by atoms with Crippen molar-refractivity contribution >= 4 is 6.09 Å². The largest absolute Gasteiger partial charge is 0.465 e. The number of likely N-dealkylation sites (N-methyl/N-ethyl adjacent to an activating group) is 1. The van der Waals surface area contributed by atoms with Gasteiger partial charge in [0.05, 0.1) is 13.1 Å². The van der Waals surface area contributed by atoms with Crippen molar-refractivity contribution in [2.45, 2.75) is 5.92 Å². The Morgan fingerprint density at radius 3 is 2.54 bits per heavy atom. The van der Waals surface area contributed by atoms with E-state index in [9.17, 15) is 13.6 Å². The maximum atomic E-state index is 13.0. The number of carboxylic acid groups (broad SMARTS) is 1. The van der Waals surface area contributed by atoms with Crippen LogP contribution in [-0.4, -0.2) is 60.1 Å². The number of alkyl halides is 2. The Morgan fingerprint density at radius 1 is 1.38 bits per heavy atom. The molecule has 0 aromatic rings. The summed E-state index contributed by atoms with van der Waals surface area (Å²) in [6.07, 6.45) is -1.28. The lowest BCUT2D eigenvalue weighted by Gasteiger charge is -2.20. The van der Waals surface area contributed by atoms with E-state index in [0.29, 0.717) is 6.54 Å². The van der Waals surface area contributed by atoms with E-state index in [-0.39, 0.29) is 13.1 Å². The van der Waals surface area contributed by atoms with Crippen LogP contribution in [0, 0.1) is 0 Å². The summed E-state index contributed by atoms with van der Waals surface area (Å²) in [6, 6.07) is 0. The zero-order valence-corrected chi connectivity index (χ0v) is 7.33. The van der Waals surface area contributed by atoms with E-state index >= 15 is 0 Å². The SMILES string of the molecule is CN1CCN(C(=O)O)CC(F)(F)C1. The second-order valence-corrected chi connectivity index (χ2v) is 3.30. The fourth-order valence-corrected chi connectivity index (χ4v) is 1.34. The van der Waals surface area contributed by atoms with Gasteiger partial charge in [0.2, 0.25) is 0 Å². The summed E-state index contributed by atoms with van der Waals surface area (Å²) >= 11 is 0. The number of hydrogen-bond acceptors (Lipinski definition) is 2. The van der Waals surface area contributed by atoms with E-state index < -0.39 is 18.6 Å². The molecule has 1 amide bonds. The molecule has 0 aliphatic carbocycles. The van der Waals surface area contributed by atoms with Crippen molar-refractivity contribution in [2.75, 3.05) is 33.2 Å². The zero-order valence-electron chi connectivity index (χ0n) is 7.33. The minimum absolute atomic E-state index is 0.140. The van der Waals surface area contributed by atoms with Gasteiger partial charge in [-0.25, -0.2) is 13.6 Å². The van der Waals surface area contributed by atoms with Crippen LogP contribution in [-0.2, 0) is 0 Å². The molecule has 1 heterocycles. The highest BCUT2D eigenvalue weighted by atomic mass is 19.3. The molecule has 0 spiro atoms. The molecule has 13 heavy (non-hydrogen) atoms. The van der Waals surface area contributed by atoms with Gasteiger partial charge in [0.25, 0.3) is 5.92 Å². The van der Waals surface area contributed by atoms with Crippen LogP contribution in [0.1, 0.15) is 0 Å². The molecule has 1 aliphatic heterocycles. The first-order chi connectivity index (χ1) is 5.91. The maximum absolute atomic E-state index is 13.0. The van der Waals surface area contributed by atoms with Crippen LogP contribution >= 0.6 is 0 Å². The van der Waals surface area contributed by atoms with Crippen molar-refractivity contribution < 1.29 is 18.7 Å². The highest BCUT2D eigenvalue weighted by molar-refractivity contribution is 5.65. The molecule has 0 aromatic carbocycles. The summed E-state index contributed by atoms with van der Waals surface area (Å²) < 4.78 is 26.0. The summed E-state index contributed by atoms with van der Waals surface area (Å²) in [6.45, 7) is -0.591. The topological polar surface area (TPSA) is 43.8 Å². The summed E-state index contributed by atoms with van der Waals surface area (Å²) in [5.41, 5.74) is 0. The average Bonchev–Trinajstić information content (AvgIpc) is 2.07. The van der Waals surface area contributed by atoms with Gasteiger partial charge in [-0.3, -0.25) is 4.90 Å². The van der Waals surface area contributed by atoms with E-state index in [4.69, 9.17) is 5.11 Å². The van der Waals surface area contributed by atoms with Crippen LogP contribution in [0.2, 0.25) is 0 Å². The summed E-state index contributed by atoms with van der Waals surface area (Å²) in [5, 5.41) is 8.56. The molecule has 1 saturated heterocycles. The molecule has 0 unspecified atom stereocenters. The Balaban J connectivity index is 2.67. The van der Waals surface area contributed by atoms with Crippen LogP contribution in [0.15, 0.2) is 0 Å². The maximum Gasteiger partial charge on any atom is 0.407 e. The van der Waals surface area contributed by atoms with Crippen molar-refractivity contribution in [2.24, 2.45) is 0 Å². The average molecular weight is 194 g/mol. The fraction of sp³-hybridized carbons (Fsp3) is 0.857. The molecule has 76 valence electrons. The first kappa shape index (κ1) is 10.2. The lowest BCUT2D eigenvalue weighted by Crippen LogP contribution is -2.40. The van der Waals surface area contributed by atoms with Crippen LogP contribution < -0.4 is 0 Å². The van der Waals surface area contributed by atoms with Crippen molar-refractivity contribution in [1.29, 1.82) is 0 Å². The van der Waals surface area contributed by atoms with Crippen LogP contribution in [0.5, 0.6) is 0 Å². The van der Waals surface area contributed by atoms with E-state index in [1.807, 2.05) is 0 Å². The Hall–Kier alpha value is -0.910. The molecule has 1 fully saturated rings. The normalized spacial score (nSPS) is 24.1. The predicted octanol–water partition coefficient (Wildman–Crippen LogP) is 0.547. The second kappa shape index (κ2) is 3.45. The molecular weight excluding hydrogens is 182 g/mol. The van der Waals surface area contributed by atoms with E-state index in [0.717, 1.165) is 4.90 Å². The van der Waals surface area contributed by atoms with Gasteiger partial charge in [-0.2, -0.15) is 0 Å². The fourth-order valence-electron chi connectivity index (χ4n) is 1.34. The van der Waals surface area contributed by atoms with Crippen molar-refractivity contribution in [3.8, 4) is 0 Å². The van der Waals surface area contributed by atoms with Gasteiger partial charge in [-0.05, 0) is 7.05 Å². The third-order valence-corrected chi connectivity index (χ3v) is 1.95. The third-order valence-electron chi connectivity index (χ3n) is 1.95. The minimum atomic E-state index is -2.94. The zero-order chi connectivity index (χ0) is 10.1. The van der Waals surface area contributed by atoms with Gasteiger partial charge in [0.15, 0.2) is 0 Å². The number of amides is 1. The molecule has 0 aromatic heterocycles. The first-order valence-electron chi connectivity index (χ1n) is 3.95. The lowest BCUT2D eigenvalue weighted by atomic mass is 10.3. The van der Waals surface area contributed by atoms with Crippen LogP contribution in [0.25, 0.3) is 0 Å². The summed E-state index contributed by atoms with van der Waals surface area (Å²) in [4.78, 5) is 12.7. The predicted molar refractivity (Wildman–Crippen MR) is 42.0 cm³/mol. The van der Waals surface area contributed by atoms with E-state index in [2.05, 4.69) is 0 Å². The number of nitrogens with zero attached hydrogens (tertiary/aromatic N) is 2. The van der Waals surface area contributed by atoms with Gasteiger partial charge >= 0.3 is 6.09 Å². The molecule has 1 rings (SSSR count). The summed E-state index contributed by atoms with van der Waals surface area (Å²) in [7, 11) is 1.55. The Bertz CT molecular complexity index is 211. The molecular formula is C7H12F2N2O2. The Labute approximate surface area is 74.7 Å². The van der Waals surface area contributed by atoms with Crippen LogP contribution in [0.4, 0.5) is 13.6 Å². The molecule has 6 heteroatoms. The van der Waals surface area contributed by atoms with Gasteiger partial charge in [0.1, 0.15) is 0 Å². The van der Waals surface area contributed by atoms with Gasteiger partial charge in [-0.15, -0.1) is 0 Å². The third kappa shape index (κ3) is 2.80. The Kier molecular flexibility index (Phi) is 2.70. The van der Waals surface area contributed by atoms with Crippen molar-refractivity contribution in [3.63, 3.8) is 0 Å². The molecule has 1 N–H and O–H groups in total. The van der Waals surface area contributed by atoms with E-state index in [1.54, 1.807) is 7.05 Å². The number of halogens is 2. The lowest BCUT2D eigenvalue weighted by molar-refractivity contribution is -0.0313. The Morgan fingerprint density at radius 2 is 2.00 bits per heavy atom. The standard InChI is InChI=1S/C7H12F2N2O2/c1-10-2-3-11(6(12)13)5-7(8,9)4-10/h2-5H2,1H3,(H,12,13). The first-order valence-corrected chi connectivity index (χ1v) is 3.95. The van der Waals surface area contributed by atoms with Gasteiger partial charge in [0, 0.05) is 13.1 Å². The van der Waals surface area contributed by atoms with E-state index in [1.165, 1.54) is 4.90 Å². The monoisotopic (exact) mass is 194 g/mol. The molecule has 0 radical (unpaired) electrons. The number of rotatable bonds is 0. The van der Waals surface area contributed by atoms with Gasteiger partial charge in [-0.1, -0.05) is 0 Å². The van der Waals surface area contributed by atoms with Crippen LogP contribution in [0.3, 0.4) is 0 Å². The van der Waals surface area contributed by atoms with Gasteiger partial charge < -0.3 is 10.0 Å². The summed E-state index contributed by atoms with van der Waals surface area (Å²) in [5.74, 6) is -2.94. The molecule has 4 nitrogen and oxygen atoms in total. The molecule has 0 bridgehead atoms. The quantitative estimate of drug-likeness (QED) is 0.612. The second-order valence-electron chi connectivity index (χ2n) is 3.30. The number of hydrogen-bond donors (Lipinski definition) is 1. The molecule has 0 atom stereocenters. The van der Waals surface area contributed by atoms with Crippen molar-refractivity contribution in [3.05, 3.63) is 0 Å².